The Morgan fingerprint density at radius 1 is 1.26 bits per heavy atom. The van der Waals surface area contributed by atoms with Crippen molar-refractivity contribution in [3.63, 3.8) is 0 Å². The van der Waals surface area contributed by atoms with Gasteiger partial charge in [0.2, 0.25) is 0 Å². The van der Waals surface area contributed by atoms with Crippen molar-refractivity contribution in [2.75, 3.05) is 13.1 Å². The molecule has 1 atom stereocenters. The number of unbranched alkanes of at least 4 members (excludes halogenated alkanes) is 1. The molecule has 5 heteroatoms. The third-order valence-electron chi connectivity index (χ3n) is 2.79. The van der Waals surface area contributed by atoms with Crippen LogP contribution < -0.4 is 16.8 Å². The predicted molar refractivity (Wildman–Crippen MR) is 75.5 cm³/mol. The second-order valence-corrected chi connectivity index (χ2v) is 4.48. The fraction of sp³-hybridized carbons (Fsp3) is 0.500. The van der Waals surface area contributed by atoms with E-state index in [-0.39, 0.29) is 12.1 Å². The molecular formula is C14H23N3O2. The molecule has 1 aromatic rings. The van der Waals surface area contributed by atoms with Crippen LogP contribution in [-0.4, -0.2) is 25.2 Å². The number of carbonyl (C=O) groups excluding carboxylic acids is 1. The lowest BCUT2D eigenvalue weighted by molar-refractivity contribution is 0.139. The molecule has 0 saturated carbocycles. The molecular weight excluding hydrogens is 242 g/mol. The molecule has 5 nitrogen and oxygen atoms in total. The van der Waals surface area contributed by atoms with Crippen LogP contribution in [0, 0.1) is 0 Å². The van der Waals surface area contributed by atoms with E-state index in [4.69, 9.17) is 16.2 Å². The van der Waals surface area contributed by atoms with Gasteiger partial charge in [-0.3, -0.25) is 0 Å². The summed E-state index contributed by atoms with van der Waals surface area (Å²) >= 11 is 0. The summed E-state index contributed by atoms with van der Waals surface area (Å²) in [6.45, 7) is 1.40. The molecule has 0 aliphatic rings. The van der Waals surface area contributed by atoms with Crippen LogP contribution in [0.15, 0.2) is 30.3 Å². The Morgan fingerprint density at radius 2 is 2.00 bits per heavy atom. The largest absolute Gasteiger partial charge is 0.445 e. The van der Waals surface area contributed by atoms with Gasteiger partial charge in [-0.25, -0.2) is 4.79 Å². The van der Waals surface area contributed by atoms with Gasteiger partial charge in [0.25, 0.3) is 0 Å². The quantitative estimate of drug-likeness (QED) is 0.619. The molecule has 1 unspecified atom stereocenters. The molecule has 0 aliphatic carbocycles. The van der Waals surface area contributed by atoms with Crippen molar-refractivity contribution in [1.29, 1.82) is 0 Å². The Hall–Kier alpha value is -1.59. The highest BCUT2D eigenvalue weighted by Gasteiger charge is 2.02. The zero-order valence-corrected chi connectivity index (χ0v) is 11.2. The van der Waals surface area contributed by atoms with Crippen molar-refractivity contribution >= 4 is 6.09 Å². The van der Waals surface area contributed by atoms with Crippen molar-refractivity contribution in [2.45, 2.75) is 31.9 Å². The molecule has 1 rings (SSSR count). The van der Waals surface area contributed by atoms with Gasteiger partial charge in [-0.15, -0.1) is 0 Å². The van der Waals surface area contributed by atoms with E-state index in [1.54, 1.807) is 0 Å². The van der Waals surface area contributed by atoms with Gasteiger partial charge in [-0.2, -0.15) is 0 Å². The molecule has 0 saturated heterocycles. The van der Waals surface area contributed by atoms with Crippen LogP contribution in [0.4, 0.5) is 4.79 Å². The van der Waals surface area contributed by atoms with E-state index in [0.717, 1.165) is 24.8 Å². The van der Waals surface area contributed by atoms with Crippen LogP contribution in [0.1, 0.15) is 24.8 Å². The third-order valence-corrected chi connectivity index (χ3v) is 2.79. The zero-order valence-electron chi connectivity index (χ0n) is 11.2. The lowest BCUT2D eigenvalue weighted by Gasteiger charge is -2.09. The van der Waals surface area contributed by atoms with Crippen LogP contribution >= 0.6 is 0 Å². The molecule has 0 fully saturated rings. The summed E-state index contributed by atoms with van der Waals surface area (Å²) in [5.41, 5.74) is 12.1. The summed E-state index contributed by atoms with van der Waals surface area (Å²) in [5.74, 6) is 0. The van der Waals surface area contributed by atoms with Gasteiger partial charge in [-0.1, -0.05) is 36.8 Å². The summed E-state index contributed by atoms with van der Waals surface area (Å²) in [6, 6.07) is 9.65. The predicted octanol–water partition coefficient (Wildman–Crippen LogP) is 1.37. The molecule has 19 heavy (non-hydrogen) atoms. The minimum absolute atomic E-state index is 0.0602. The third kappa shape index (κ3) is 7.43. The lowest BCUT2D eigenvalue weighted by Crippen LogP contribution is -2.30. The Kier molecular flexibility index (Phi) is 7.62. The van der Waals surface area contributed by atoms with Crippen molar-refractivity contribution in [1.82, 2.24) is 5.32 Å². The maximum Gasteiger partial charge on any atom is 0.407 e. The van der Waals surface area contributed by atoms with Crippen molar-refractivity contribution < 1.29 is 9.53 Å². The zero-order chi connectivity index (χ0) is 13.9. The van der Waals surface area contributed by atoms with E-state index in [9.17, 15) is 4.79 Å². The van der Waals surface area contributed by atoms with Crippen LogP contribution in [0.25, 0.3) is 0 Å². The molecule has 0 spiro atoms. The molecule has 5 N–H and O–H groups in total. The Labute approximate surface area is 114 Å². The molecule has 0 heterocycles. The van der Waals surface area contributed by atoms with E-state index in [1.807, 2.05) is 30.3 Å². The topological polar surface area (TPSA) is 90.4 Å². The molecule has 106 valence electrons. The smallest absolute Gasteiger partial charge is 0.407 e. The molecule has 0 radical (unpaired) electrons. The number of nitrogens with one attached hydrogen (secondary N) is 1. The fourth-order valence-corrected chi connectivity index (χ4v) is 1.61. The summed E-state index contributed by atoms with van der Waals surface area (Å²) in [5, 5.41) is 2.71. The van der Waals surface area contributed by atoms with E-state index < -0.39 is 0 Å². The van der Waals surface area contributed by atoms with Gasteiger partial charge in [-0.05, 0) is 18.4 Å². The monoisotopic (exact) mass is 265 g/mol. The van der Waals surface area contributed by atoms with Crippen LogP contribution in [0.2, 0.25) is 0 Å². The number of hydrogen-bond donors (Lipinski definition) is 3. The molecule has 1 aromatic carbocycles. The van der Waals surface area contributed by atoms with E-state index >= 15 is 0 Å². The van der Waals surface area contributed by atoms with E-state index in [1.165, 1.54) is 0 Å². The molecule has 0 bridgehead atoms. The minimum Gasteiger partial charge on any atom is -0.445 e. The lowest BCUT2D eigenvalue weighted by atomic mass is 10.1. The Bertz CT molecular complexity index is 357. The standard InChI is InChI=1S/C14H23N3O2/c15-10-13(16)8-4-5-9-17-14(18)19-11-12-6-2-1-3-7-12/h1-3,6-7,13H,4-5,8-11,15-16H2,(H,17,18). The average molecular weight is 265 g/mol. The summed E-state index contributed by atoms with van der Waals surface area (Å²) in [4.78, 5) is 11.4. The highest BCUT2D eigenvalue weighted by molar-refractivity contribution is 5.67. The Morgan fingerprint density at radius 3 is 2.68 bits per heavy atom. The number of nitrogens with two attached hydrogens (primary N) is 2. The van der Waals surface area contributed by atoms with Crippen LogP contribution in [-0.2, 0) is 11.3 Å². The van der Waals surface area contributed by atoms with Crippen LogP contribution in [0.5, 0.6) is 0 Å². The first-order valence-electron chi connectivity index (χ1n) is 6.62. The normalized spacial score (nSPS) is 11.9. The maximum absolute atomic E-state index is 11.4. The highest BCUT2D eigenvalue weighted by Crippen LogP contribution is 2.01. The number of alkyl carbamates (subject to hydrolysis) is 1. The number of hydrogen-bond acceptors (Lipinski definition) is 4. The van der Waals surface area contributed by atoms with Gasteiger partial charge in [0, 0.05) is 19.1 Å². The van der Waals surface area contributed by atoms with Gasteiger partial charge in [0.15, 0.2) is 0 Å². The van der Waals surface area contributed by atoms with Crippen molar-refractivity contribution in [3.05, 3.63) is 35.9 Å². The molecule has 0 aliphatic heterocycles. The van der Waals surface area contributed by atoms with Crippen molar-refractivity contribution in [3.8, 4) is 0 Å². The number of amides is 1. The first-order chi connectivity index (χ1) is 9.22. The maximum atomic E-state index is 11.4. The van der Waals surface area contributed by atoms with Crippen LogP contribution in [0.3, 0.4) is 0 Å². The van der Waals surface area contributed by atoms with E-state index in [0.29, 0.717) is 19.7 Å². The number of ether oxygens (including phenoxy) is 1. The Balaban J connectivity index is 2.02. The summed E-state index contributed by atoms with van der Waals surface area (Å²) in [7, 11) is 0. The summed E-state index contributed by atoms with van der Waals surface area (Å²) < 4.78 is 5.08. The number of rotatable bonds is 8. The van der Waals surface area contributed by atoms with Gasteiger partial charge in [0.1, 0.15) is 6.61 Å². The summed E-state index contributed by atoms with van der Waals surface area (Å²) in [6.07, 6.45) is 2.34. The second-order valence-electron chi connectivity index (χ2n) is 4.48. The molecule has 1 amide bonds. The fourth-order valence-electron chi connectivity index (χ4n) is 1.61. The first kappa shape index (κ1) is 15.5. The SMILES string of the molecule is NCC(N)CCCCNC(=O)OCc1ccccc1. The van der Waals surface area contributed by atoms with E-state index in [2.05, 4.69) is 5.32 Å². The van der Waals surface area contributed by atoms with Gasteiger partial charge >= 0.3 is 6.09 Å². The van der Waals surface area contributed by atoms with Crippen molar-refractivity contribution in [2.24, 2.45) is 11.5 Å². The average Bonchev–Trinajstić information content (AvgIpc) is 2.45. The van der Waals surface area contributed by atoms with Gasteiger partial charge < -0.3 is 21.5 Å². The second kappa shape index (κ2) is 9.35. The number of carbonyl (C=O) groups is 1. The highest BCUT2D eigenvalue weighted by atomic mass is 16.5. The number of benzene rings is 1. The van der Waals surface area contributed by atoms with Gasteiger partial charge in [0.05, 0.1) is 0 Å². The first-order valence-corrected chi connectivity index (χ1v) is 6.62. The molecule has 0 aromatic heterocycles. The minimum atomic E-state index is -0.382.